The molecule has 6 aromatic carbocycles. The summed E-state index contributed by atoms with van der Waals surface area (Å²) in [6.45, 7) is 0. The van der Waals surface area contributed by atoms with Crippen molar-refractivity contribution in [2.45, 2.75) is 0 Å². The molecule has 8 heteroatoms. The van der Waals surface area contributed by atoms with Gasteiger partial charge in [0.15, 0.2) is 13.9 Å². The molecule has 1 aliphatic rings. The Labute approximate surface area is 328 Å². The highest BCUT2D eigenvalue weighted by Gasteiger charge is 2.48. The fourth-order valence-electron chi connectivity index (χ4n) is 9.27. The van der Waals surface area contributed by atoms with Gasteiger partial charge in [0, 0.05) is 39.5 Å². The molecule has 6 heterocycles. The minimum Gasteiger partial charge on any atom is -0.278 e. The third-order valence-electron chi connectivity index (χ3n) is 11.6. The van der Waals surface area contributed by atoms with Crippen LogP contribution in [-0.4, -0.2) is 42.1 Å². The van der Waals surface area contributed by atoms with Crippen molar-refractivity contribution in [2.75, 3.05) is 0 Å². The molecule has 7 nitrogen and oxygen atoms in total. The zero-order valence-corrected chi connectivity index (χ0v) is 31.5. The van der Waals surface area contributed by atoms with Gasteiger partial charge in [0.25, 0.3) is 0 Å². The molecule has 266 valence electrons. The standard InChI is InChI=1S/C49H31N7Si/c1-3-15-33(16-4-1)57(34-17-5-2-6-18-34)43-26-12-9-21-37(43)38-28-27-32(31-44(38)57)45-52-48(55-41-24-10-7-19-35(41)36-20-8-11-25-42(36)55)54-49(53-45)56-46-39(22-13-29-50-46)40-23-14-30-51-47(40)56/h1-31H. The second kappa shape index (κ2) is 12.2. The molecular formula is C49H31N7Si. The summed E-state index contributed by atoms with van der Waals surface area (Å²) < 4.78 is 4.13. The highest BCUT2D eigenvalue weighted by Crippen LogP contribution is 2.35. The normalized spacial score (nSPS) is 13.1. The first kappa shape index (κ1) is 31.8. The van der Waals surface area contributed by atoms with Crippen molar-refractivity contribution in [3.05, 3.63) is 188 Å². The van der Waals surface area contributed by atoms with Gasteiger partial charge in [-0.3, -0.25) is 4.57 Å². The maximum atomic E-state index is 5.39. The molecule has 0 radical (unpaired) electrons. The predicted octanol–water partition coefficient (Wildman–Crippen LogP) is 7.88. The number of nitrogens with zero attached hydrogens (tertiary/aromatic N) is 7. The van der Waals surface area contributed by atoms with E-state index in [0.717, 1.165) is 49.4 Å². The number of fused-ring (bicyclic) bond motifs is 9. The van der Waals surface area contributed by atoms with Crippen LogP contribution in [0, 0.1) is 0 Å². The summed E-state index contributed by atoms with van der Waals surface area (Å²) in [5.41, 5.74) is 6.96. The van der Waals surface area contributed by atoms with E-state index in [2.05, 4.69) is 168 Å². The van der Waals surface area contributed by atoms with E-state index in [1.807, 2.05) is 29.1 Å². The Bertz CT molecular complexity index is 3090. The van der Waals surface area contributed by atoms with Crippen LogP contribution in [0.1, 0.15) is 0 Å². The molecule has 0 spiro atoms. The van der Waals surface area contributed by atoms with Gasteiger partial charge in [0.05, 0.1) is 11.0 Å². The van der Waals surface area contributed by atoms with Crippen LogP contribution in [-0.2, 0) is 0 Å². The van der Waals surface area contributed by atoms with E-state index in [-0.39, 0.29) is 0 Å². The summed E-state index contributed by atoms with van der Waals surface area (Å²) in [4.78, 5) is 25.8. The summed E-state index contributed by atoms with van der Waals surface area (Å²) in [5.74, 6) is 1.54. The van der Waals surface area contributed by atoms with E-state index in [1.165, 1.54) is 31.9 Å². The lowest BCUT2D eigenvalue weighted by molar-refractivity contribution is 0.883. The van der Waals surface area contributed by atoms with Crippen molar-refractivity contribution < 1.29 is 0 Å². The van der Waals surface area contributed by atoms with Gasteiger partial charge in [-0.15, -0.1) is 0 Å². The monoisotopic (exact) mass is 745 g/mol. The molecule has 57 heavy (non-hydrogen) atoms. The molecule has 0 saturated heterocycles. The van der Waals surface area contributed by atoms with Gasteiger partial charge in [-0.2, -0.15) is 15.0 Å². The fraction of sp³-hybridized carbons (Fsp3) is 0. The molecule has 12 rings (SSSR count). The van der Waals surface area contributed by atoms with Gasteiger partial charge in [-0.1, -0.05) is 140 Å². The largest absolute Gasteiger partial charge is 0.278 e. The Balaban J connectivity index is 1.18. The summed E-state index contributed by atoms with van der Waals surface area (Å²) in [7, 11) is -2.77. The zero-order chi connectivity index (χ0) is 37.5. The molecule has 0 atom stereocenters. The molecule has 0 unspecified atom stereocenters. The molecule has 5 aromatic heterocycles. The quantitative estimate of drug-likeness (QED) is 0.168. The van der Waals surface area contributed by atoms with Crippen molar-refractivity contribution in [1.82, 2.24) is 34.1 Å². The first-order valence-corrected chi connectivity index (χ1v) is 21.1. The Morgan fingerprint density at radius 1 is 0.386 bits per heavy atom. The molecule has 0 saturated carbocycles. The second-order valence-electron chi connectivity index (χ2n) is 14.5. The number of benzene rings is 6. The van der Waals surface area contributed by atoms with E-state index < -0.39 is 8.07 Å². The van der Waals surface area contributed by atoms with E-state index in [0.29, 0.717) is 17.7 Å². The topological polar surface area (TPSA) is 74.3 Å². The summed E-state index contributed by atoms with van der Waals surface area (Å²) in [6.07, 6.45) is 3.62. The van der Waals surface area contributed by atoms with Crippen LogP contribution >= 0.6 is 0 Å². The zero-order valence-electron chi connectivity index (χ0n) is 30.5. The molecule has 0 amide bonds. The van der Waals surface area contributed by atoms with Gasteiger partial charge in [-0.05, 0) is 68.3 Å². The van der Waals surface area contributed by atoms with Crippen LogP contribution < -0.4 is 20.7 Å². The average molecular weight is 746 g/mol. The Morgan fingerprint density at radius 2 is 0.895 bits per heavy atom. The average Bonchev–Trinajstić information content (AvgIpc) is 3.91. The van der Waals surface area contributed by atoms with Gasteiger partial charge in [0.2, 0.25) is 11.9 Å². The molecule has 0 bridgehead atoms. The first-order chi connectivity index (χ1) is 28.3. The van der Waals surface area contributed by atoms with Gasteiger partial charge >= 0.3 is 0 Å². The Hall–Kier alpha value is -7.55. The van der Waals surface area contributed by atoms with Crippen LogP contribution in [0.15, 0.2) is 188 Å². The van der Waals surface area contributed by atoms with Crippen molar-refractivity contribution in [3.63, 3.8) is 0 Å². The maximum absolute atomic E-state index is 5.39. The highest BCUT2D eigenvalue weighted by atomic mass is 28.3. The van der Waals surface area contributed by atoms with Crippen LogP contribution in [0.4, 0.5) is 0 Å². The molecule has 11 aromatic rings. The van der Waals surface area contributed by atoms with Gasteiger partial charge < -0.3 is 0 Å². The maximum Gasteiger partial charge on any atom is 0.242 e. The van der Waals surface area contributed by atoms with Crippen molar-refractivity contribution >= 4 is 72.7 Å². The highest BCUT2D eigenvalue weighted by molar-refractivity contribution is 7.22. The van der Waals surface area contributed by atoms with Crippen molar-refractivity contribution in [3.8, 4) is 34.4 Å². The van der Waals surface area contributed by atoms with Crippen LogP contribution in [0.2, 0.25) is 0 Å². The van der Waals surface area contributed by atoms with E-state index >= 15 is 0 Å². The summed E-state index contributed by atoms with van der Waals surface area (Å²) in [6, 6.07) is 62.8. The fourth-order valence-corrected chi connectivity index (χ4v) is 14.5. The third-order valence-corrected chi connectivity index (χ3v) is 16.5. The van der Waals surface area contributed by atoms with Crippen LogP contribution in [0.5, 0.6) is 0 Å². The number of hydrogen-bond donors (Lipinski definition) is 0. The minimum absolute atomic E-state index is 0.452. The second-order valence-corrected chi connectivity index (χ2v) is 18.2. The van der Waals surface area contributed by atoms with Crippen LogP contribution in [0.3, 0.4) is 0 Å². The first-order valence-electron chi connectivity index (χ1n) is 19.1. The number of hydrogen-bond acceptors (Lipinski definition) is 5. The third kappa shape index (κ3) is 4.50. The smallest absolute Gasteiger partial charge is 0.242 e. The number of pyridine rings is 2. The summed E-state index contributed by atoms with van der Waals surface area (Å²) in [5, 5.41) is 9.62. The Kier molecular flexibility index (Phi) is 6.81. The lowest BCUT2D eigenvalue weighted by Gasteiger charge is -2.31. The van der Waals surface area contributed by atoms with Crippen LogP contribution in [0.25, 0.3) is 78.3 Å². The van der Waals surface area contributed by atoms with E-state index in [1.54, 1.807) is 0 Å². The Morgan fingerprint density at radius 3 is 1.53 bits per heavy atom. The van der Waals surface area contributed by atoms with E-state index in [9.17, 15) is 0 Å². The predicted molar refractivity (Wildman–Crippen MR) is 232 cm³/mol. The molecule has 0 aliphatic carbocycles. The molecule has 0 fully saturated rings. The van der Waals surface area contributed by atoms with E-state index in [4.69, 9.17) is 24.9 Å². The van der Waals surface area contributed by atoms with Crippen molar-refractivity contribution in [2.24, 2.45) is 0 Å². The number of para-hydroxylation sites is 2. The summed E-state index contributed by atoms with van der Waals surface area (Å²) >= 11 is 0. The number of rotatable bonds is 5. The lowest BCUT2D eigenvalue weighted by Crippen LogP contribution is -2.72. The SMILES string of the molecule is c1ccc([Si]2(c3ccccc3)c3ccccc3-c3ccc(-c4nc(-n5c6ccccc6c6ccccc65)nc(-n5c6ncccc6c6cccnc65)n4)cc32)cc1. The molecule has 1 aliphatic heterocycles. The molecular weight excluding hydrogens is 715 g/mol. The minimum atomic E-state index is -2.77. The van der Waals surface area contributed by atoms with Gasteiger partial charge in [-0.25, -0.2) is 14.5 Å². The molecule has 0 N–H and O–H groups in total. The van der Waals surface area contributed by atoms with Gasteiger partial charge in [0.1, 0.15) is 11.3 Å². The number of aromatic nitrogens is 7. The van der Waals surface area contributed by atoms with Crippen molar-refractivity contribution in [1.29, 1.82) is 0 Å². The lowest BCUT2D eigenvalue weighted by atomic mass is 10.0.